The molecule has 0 saturated carbocycles. The van der Waals surface area contributed by atoms with E-state index in [0.717, 1.165) is 22.6 Å². The van der Waals surface area contributed by atoms with Crippen molar-refractivity contribution in [1.82, 2.24) is 4.40 Å². The molecule has 0 bridgehead atoms. The Morgan fingerprint density at radius 2 is 0.941 bits per heavy atom. The van der Waals surface area contributed by atoms with Gasteiger partial charge < -0.3 is 9.30 Å². The number of para-hydroxylation sites is 1. The molecule has 0 N–H and O–H groups in total. The van der Waals surface area contributed by atoms with Crippen molar-refractivity contribution < 1.29 is 0 Å². The second-order valence-electron chi connectivity index (χ2n) is 13.0. The van der Waals surface area contributed by atoms with Crippen LogP contribution in [0.3, 0.4) is 0 Å². The van der Waals surface area contributed by atoms with Crippen molar-refractivity contribution in [3.63, 3.8) is 0 Å². The molecular weight excluding hydrogens is 617 g/mol. The Morgan fingerprint density at radius 1 is 0.490 bits per heavy atom. The van der Waals surface area contributed by atoms with Crippen molar-refractivity contribution in [1.29, 1.82) is 0 Å². The van der Waals surface area contributed by atoms with Gasteiger partial charge in [0.1, 0.15) is 0 Å². The number of rotatable bonds is 7. The molecule has 0 saturated heterocycles. The van der Waals surface area contributed by atoms with Gasteiger partial charge in [-0.3, -0.25) is 0 Å². The molecule has 0 aliphatic rings. The van der Waals surface area contributed by atoms with Crippen LogP contribution in [0.5, 0.6) is 0 Å². The molecule has 2 nitrogen and oxygen atoms in total. The number of hydrogen-bond donors (Lipinski definition) is 0. The molecule has 0 unspecified atom stereocenters. The molecule has 0 atom stereocenters. The summed E-state index contributed by atoms with van der Waals surface area (Å²) in [6.07, 6.45) is 9.53. The minimum absolute atomic E-state index is 1.09. The van der Waals surface area contributed by atoms with Crippen LogP contribution in [0.1, 0.15) is 11.3 Å². The fourth-order valence-corrected chi connectivity index (χ4v) is 7.59. The third-order valence-corrected chi connectivity index (χ3v) is 10.1. The molecule has 2 aromatic heterocycles. The Balaban J connectivity index is 1.15. The van der Waals surface area contributed by atoms with Gasteiger partial charge in [0, 0.05) is 44.5 Å². The summed E-state index contributed by atoms with van der Waals surface area (Å²) < 4.78 is 2.38. The molecule has 9 rings (SSSR count). The molecule has 2 heteroatoms. The van der Waals surface area contributed by atoms with Crippen molar-refractivity contribution in [3.8, 4) is 45.7 Å². The van der Waals surface area contributed by atoms with Crippen LogP contribution in [-0.2, 0) is 0 Å². The highest BCUT2D eigenvalue weighted by Gasteiger charge is 2.20. The maximum atomic E-state index is 5.66. The molecule has 0 aliphatic heterocycles. The predicted octanol–water partition coefficient (Wildman–Crippen LogP) is 13.1. The Labute approximate surface area is 298 Å². The summed E-state index contributed by atoms with van der Waals surface area (Å²) in [5.74, 6) is 2.69. The second kappa shape index (κ2) is 12.6. The SMILES string of the molecule is C#C/C=C\c1c(C)n2c3ccccc3c3cc(-c4ccc(N(c5ccc(-c6ccccc6)cc5)c5ccc(-c6ccccc6)cc5)cc4)cc1c32. The maximum Gasteiger partial charge on any atom is 0.0617 e. The first-order valence-corrected chi connectivity index (χ1v) is 17.3. The van der Waals surface area contributed by atoms with Gasteiger partial charge in [0.15, 0.2) is 0 Å². The van der Waals surface area contributed by atoms with Crippen LogP contribution in [0.15, 0.2) is 176 Å². The molecule has 51 heavy (non-hydrogen) atoms. The number of aromatic nitrogens is 1. The predicted molar refractivity (Wildman–Crippen MR) is 217 cm³/mol. The van der Waals surface area contributed by atoms with Gasteiger partial charge in [-0.15, -0.1) is 6.42 Å². The van der Waals surface area contributed by atoms with E-state index < -0.39 is 0 Å². The summed E-state index contributed by atoms with van der Waals surface area (Å²) >= 11 is 0. The summed E-state index contributed by atoms with van der Waals surface area (Å²) in [6, 6.07) is 61.1. The topological polar surface area (TPSA) is 7.65 Å². The number of allylic oxidation sites excluding steroid dienone is 1. The van der Waals surface area contributed by atoms with Crippen LogP contribution in [0.2, 0.25) is 0 Å². The average Bonchev–Trinajstić information content (AvgIpc) is 3.68. The minimum Gasteiger partial charge on any atom is -0.312 e. The van der Waals surface area contributed by atoms with Gasteiger partial charge >= 0.3 is 0 Å². The first-order valence-electron chi connectivity index (χ1n) is 17.3. The summed E-state index contributed by atoms with van der Waals surface area (Å²) in [6.45, 7) is 2.18. The van der Waals surface area contributed by atoms with Gasteiger partial charge in [0.05, 0.1) is 11.0 Å². The molecule has 0 radical (unpaired) electrons. The lowest BCUT2D eigenvalue weighted by Gasteiger charge is -2.26. The molecular formula is C49H34N2. The third kappa shape index (κ3) is 5.24. The van der Waals surface area contributed by atoms with Crippen molar-refractivity contribution in [2.24, 2.45) is 0 Å². The third-order valence-electron chi connectivity index (χ3n) is 10.1. The average molecular weight is 651 g/mol. The molecule has 0 spiro atoms. The number of terminal acetylenes is 1. The van der Waals surface area contributed by atoms with E-state index in [2.05, 4.69) is 198 Å². The van der Waals surface area contributed by atoms with E-state index >= 15 is 0 Å². The van der Waals surface area contributed by atoms with Crippen LogP contribution < -0.4 is 4.90 Å². The second-order valence-corrected chi connectivity index (χ2v) is 13.0. The zero-order chi connectivity index (χ0) is 34.3. The smallest absolute Gasteiger partial charge is 0.0617 e. The van der Waals surface area contributed by atoms with E-state index in [1.807, 2.05) is 0 Å². The number of benzene rings is 7. The van der Waals surface area contributed by atoms with E-state index in [0.29, 0.717) is 0 Å². The molecule has 0 amide bonds. The number of hydrogen-bond acceptors (Lipinski definition) is 1. The van der Waals surface area contributed by atoms with Gasteiger partial charge in [0.2, 0.25) is 0 Å². The summed E-state index contributed by atoms with van der Waals surface area (Å²) in [7, 11) is 0. The fraction of sp³-hybridized carbons (Fsp3) is 0.0204. The highest BCUT2D eigenvalue weighted by atomic mass is 15.1. The number of anilines is 3. The first kappa shape index (κ1) is 30.3. The maximum absolute atomic E-state index is 5.66. The van der Waals surface area contributed by atoms with Gasteiger partial charge in [-0.2, -0.15) is 0 Å². The van der Waals surface area contributed by atoms with E-state index in [1.54, 1.807) is 6.08 Å². The highest BCUT2D eigenvalue weighted by molar-refractivity contribution is 6.18. The van der Waals surface area contributed by atoms with Gasteiger partial charge in [-0.25, -0.2) is 0 Å². The zero-order valence-corrected chi connectivity index (χ0v) is 28.3. The lowest BCUT2D eigenvalue weighted by Crippen LogP contribution is -2.09. The van der Waals surface area contributed by atoms with Gasteiger partial charge in [-0.05, 0) is 107 Å². The van der Waals surface area contributed by atoms with E-state index in [4.69, 9.17) is 6.42 Å². The summed E-state index contributed by atoms with van der Waals surface area (Å²) in [5, 5.41) is 3.73. The highest BCUT2D eigenvalue weighted by Crippen LogP contribution is 2.42. The molecule has 240 valence electrons. The van der Waals surface area contributed by atoms with Gasteiger partial charge in [-0.1, -0.05) is 121 Å². The van der Waals surface area contributed by atoms with Gasteiger partial charge in [0.25, 0.3) is 0 Å². The van der Waals surface area contributed by atoms with Crippen molar-refractivity contribution in [2.75, 3.05) is 4.90 Å². The minimum atomic E-state index is 1.09. The standard InChI is InChI=1S/C49H34N2/c1-3-4-17-44-34(2)50-48-19-12-11-18-45(48)47-33-40(32-46(44)49(47)50)39-24-30-43(31-25-39)51(41-26-20-37(21-27-41)35-13-7-5-8-14-35)42-28-22-38(23-29-42)36-15-9-6-10-16-36/h1,4-33H,2H3/b17-4-. The molecule has 9 aromatic rings. The van der Waals surface area contributed by atoms with Crippen LogP contribution in [0.25, 0.3) is 66.6 Å². The van der Waals surface area contributed by atoms with E-state index in [1.165, 1.54) is 66.3 Å². The van der Waals surface area contributed by atoms with Crippen LogP contribution in [0, 0.1) is 19.3 Å². The van der Waals surface area contributed by atoms with Crippen LogP contribution >= 0.6 is 0 Å². The molecule has 7 aromatic carbocycles. The number of aryl methyl sites for hydroxylation is 1. The number of nitrogens with zero attached hydrogens (tertiary/aromatic N) is 2. The van der Waals surface area contributed by atoms with Crippen molar-refractivity contribution in [3.05, 3.63) is 187 Å². The van der Waals surface area contributed by atoms with Crippen LogP contribution in [-0.4, -0.2) is 4.40 Å². The zero-order valence-electron chi connectivity index (χ0n) is 28.3. The Morgan fingerprint density at radius 3 is 1.47 bits per heavy atom. The molecule has 0 fully saturated rings. The summed E-state index contributed by atoms with van der Waals surface area (Å²) in [4.78, 5) is 2.33. The van der Waals surface area contributed by atoms with E-state index in [-0.39, 0.29) is 0 Å². The van der Waals surface area contributed by atoms with Crippen LogP contribution in [0.4, 0.5) is 17.1 Å². The lowest BCUT2D eigenvalue weighted by molar-refractivity contribution is 1.18. The Bertz CT molecular complexity index is 2630. The Kier molecular flexibility index (Phi) is 7.46. The summed E-state index contributed by atoms with van der Waals surface area (Å²) in [5.41, 5.74) is 15.3. The molecule has 0 aliphatic carbocycles. The fourth-order valence-electron chi connectivity index (χ4n) is 7.59. The lowest BCUT2D eigenvalue weighted by atomic mass is 9.98. The first-order chi connectivity index (χ1) is 25.2. The van der Waals surface area contributed by atoms with E-state index in [9.17, 15) is 0 Å². The quantitative estimate of drug-likeness (QED) is 0.156. The van der Waals surface area contributed by atoms with Crippen molar-refractivity contribution >= 4 is 50.3 Å². The monoisotopic (exact) mass is 650 g/mol. The molecule has 2 heterocycles. The number of fused-ring (bicyclic) bond motifs is 3. The van der Waals surface area contributed by atoms with Crippen molar-refractivity contribution in [2.45, 2.75) is 6.92 Å². The normalized spacial score (nSPS) is 11.5. The largest absolute Gasteiger partial charge is 0.312 e. The Hall–Kier alpha value is -6.82.